The lowest BCUT2D eigenvalue weighted by atomic mass is 10.0. The van der Waals surface area contributed by atoms with Gasteiger partial charge < -0.3 is 28.4 Å². The van der Waals surface area contributed by atoms with E-state index >= 15 is 0 Å². The molecule has 0 spiro atoms. The Morgan fingerprint density at radius 2 is 1.09 bits per heavy atom. The third kappa shape index (κ3) is 14.4. The van der Waals surface area contributed by atoms with Crippen molar-refractivity contribution in [1.82, 2.24) is 0 Å². The van der Waals surface area contributed by atoms with E-state index in [4.69, 9.17) is 28.4 Å². The summed E-state index contributed by atoms with van der Waals surface area (Å²) in [5, 5.41) is 0. The maximum Gasteiger partial charge on any atom is 0.111 e. The van der Waals surface area contributed by atoms with E-state index in [-0.39, 0.29) is 0 Å². The molecule has 0 aliphatic rings. The topological polar surface area (TPSA) is 55.4 Å². The number of hydrogen-bond acceptors (Lipinski definition) is 6. The molecule has 0 saturated heterocycles. The van der Waals surface area contributed by atoms with Gasteiger partial charge >= 0.3 is 0 Å². The minimum atomic E-state index is 0.483. The Labute approximate surface area is 194 Å². The van der Waals surface area contributed by atoms with Crippen molar-refractivity contribution in [3.63, 3.8) is 0 Å². The van der Waals surface area contributed by atoms with Crippen LogP contribution in [0.1, 0.15) is 44.7 Å². The summed E-state index contributed by atoms with van der Waals surface area (Å²) < 4.78 is 32.9. The summed E-state index contributed by atoms with van der Waals surface area (Å²) in [5.74, 6) is 0. The molecule has 0 fully saturated rings. The molecule has 1 aromatic rings. The van der Waals surface area contributed by atoms with Crippen LogP contribution in [0.3, 0.4) is 0 Å². The second-order valence-corrected chi connectivity index (χ2v) is 7.35. The molecule has 1 aromatic carbocycles. The molecule has 0 atom stereocenters. The Hall–Kier alpha value is -1.70. The first-order valence-electron chi connectivity index (χ1n) is 11.6. The number of rotatable bonds is 21. The zero-order valence-corrected chi connectivity index (χ0v) is 20.2. The minimum absolute atomic E-state index is 0.483. The van der Waals surface area contributed by atoms with Crippen molar-refractivity contribution in [3.8, 4) is 0 Å². The third-order valence-electron chi connectivity index (χ3n) is 4.44. The van der Waals surface area contributed by atoms with Crippen LogP contribution in [-0.2, 0) is 28.4 Å². The Balaban J connectivity index is 2.17. The van der Waals surface area contributed by atoms with E-state index in [0.29, 0.717) is 59.5 Å². The highest BCUT2D eigenvalue weighted by Crippen LogP contribution is 2.18. The Morgan fingerprint density at radius 1 is 0.656 bits per heavy atom. The predicted octanol–water partition coefficient (Wildman–Crippen LogP) is 4.98. The van der Waals surface area contributed by atoms with Gasteiger partial charge in [0.2, 0.25) is 0 Å². The fourth-order valence-corrected chi connectivity index (χ4v) is 2.66. The Morgan fingerprint density at radius 3 is 1.62 bits per heavy atom. The predicted molar refractivity (Wildman–Crippen MR) is 130 cm³/mol. The molecule has 0 unspecified atom stereocenters. The van der Waals surface area contributed by atoms with E-state index < -0.39 is 0 Å². The molecule has 32 heavy (non-hydrogen) atoms. The fourth-order valence-electron chi connectivity index (χ4n) is 2.66. The van der Waals surface area contributed by atoms with Gasteiger partial charge in [0, 0.05) is 13.2 Å². The van der Waals surface area contributed by atoms with Gasteiger partial charge in [0.1, 0.15) is 6.61 Å². The lowest BCUT2D eigenvalue weighted by molar-refractivity contribution is 0.0205. The highest BCUT2D eigenvalue weighted by Gasteiger charge is 2.02. The second kappa shape index (κ2) is 19.9. The summed E-state index contributed by atoms with van der Waals surface area (Å²) in [5.41, 5.74) is 4.18. The van der Waals surface area contributed by atoms with Crippen molar-refractivity contribution in [2.45, 2.75) is 33.6 Å². The zero-order valence-electron chi connectivity index (χ0n) is 20.2. The average Bonchev–Trinajstić information content (AvgIpc) is 2.81. The molecule has 1 rings (SSSR count). The van der Waals surface area contributed by atoms with E-state index in [2.05, 4.69) is 44.7 Å². The summed E-state index contributed by atoms with van der Waals surface area (Å²) in [6.07, 6.45) is 3.83. The molecule has 0 N–H and O–H groups in total. The summed E-state index contributed by atoms with van der Waals surface area (Å²) in [4.78, 5) is 0. The number of allylic oxidation sites excluding steroid dienone is 1. The van der Waals surface area contributed by atoms with Crippen LogP contribution in [0.25, 0.3) is 11.1 Å². The van der Waals surface area contributed by atoms with Crippen LogP contribution in [0.5, 0.6) is 0 Å². The first kappa shape index (κ1) is 28.3. The lowest BCUT2D eigenvalue weighted by Crippen LogP contribution is -2.10. The van der Waals surface area contributed by atoms with E-state index in [0.717, 1.165) is 48.3 Å². The van der Waals surface area contributed by atoms with Crippen molar-refractivity contribution in [2.24, 2.45) is 0 Å². The van der Waals surface area contributed by atoms with Crippen LogP contribution in [0, 0.1) is 0 Å². The monoisotopic (exact) mass is 450 g/mol. The van der Waals surface area contributed by atoms with Crippen LogP contribution in [0.2, 0.25) is 0 Å². The quantitative estimate of drug-likeness (QED) is 0.194. The molecule has 6 heteroatoms. The van der Waals surface area contributed by atoms with Gasteiger partial charge in [-0.05, 0) is 42.0 Å². The summed E-state index contributed by atoms with van der Waals surface area (Å²) >= 11 is 0. The number of ether oxygens (including phenoxy) is 6. The molecule has 6 nitrogen and oxygen atoms in total. The molecular weight excluding hydrogens is 408 g/mol. The molecule has 0 radical (unpaired) electrons. The van der Waals surface area contributed by atoms with Crippen LogP contribution in [0.15, 0.2) is 37.1 Å². The van der Waals surface area contributed by atoms with E-state index in [1.807, 2.05) is 6.92 Å². The second-order valence-electron chi connectivity index (χ2n) is 7.35. The summed E-state index contributed by atoms with van der Waals surface area (Å²) in [6, 6.07) is 8.24. The molecule has 0 aliphatic carbocycles. The summed E-state index contributed by atoms with van der Waals surface area (Å²) in [7, 11) is 0. The molecular formula is C26H42O6. The van der Waals surface area contributed by atoms with Crippen molar-refractivity contribution < 1.29 is 28.4 Å². The van der Waals surface area contributed by atoms with E-state index in [1.165, 1.54) is 0 Å². The number of benzene rings is 1. The first-order valence-corrected chi connectivity index (χ1v) is 11.6. The smallest absolute Gasteiger partial charge is 0.111 e. The largest absolute Gasteiger partial charge is 0.498 e. The molecule has 0 saturated carbocycles. The van der Waals surface area contributed by atoms with Gasteiger partial charge in [-0.1, -0.05) is 44.7 Å². The Bertz CT molecular complexity index is 611. The Kier molecular flexibility index (Phi) is 17.7. The van der Waals surface area contributed by atoms with Gasteiger partial charge in [0.05, 0.1) is 59.1 Å². The standard InChI is InChI=1S/C26H42O6/c1-5-11-27-13-15-29-17-19-31-21-23(3)25-7-9-26(10-8-25)24(4)22-32-20-18-30-16-14-28-12-6-2/h7-10,22H,3,5-6,11-21H2,1-2,4H3. The van der Waals surface area contributed by atoms with Crippen LogP contribution in [0.4, 0.5) is 0 Å². The summed E-state index contributed by atoms with van der Waals surface area (Å²) in [6.45, 7) is 17.0. The highest BCUT2D eigenvalue weighted by molar-refractivity contribution is 5.68. The third-order valence-corrected chi connectivity index (χ3v) is 4.44. The maximum atomic E-state index is 5.65. The normalized spacial score (nSPS) is 11.7. The maximum absolute atomic E-state index is 5.65. The van der Waals surface area contributed by atoms with Crippen molar-refractivity contribution in [2.75, 3.05) is 72.7 Å². The fraction of sp³-hybridized carbons (Fsp3) is 0.615. The van der Waals surface area contributed by atoms with Gasteiger partial charge in [-0.25, -0.2) is 0 Å². The molecule has 0 aliphatic heterocycles. The van der Waals surface area contributed by atoms with Crippen LogP contribution in [-0.4, -0.2) is 72.7 Å². The lowest BCUT2D eigenvalue weighted by Gasteiger charge is -2.10. The van der Waals surface area contributed by atoms with E-state index in [9.17, 15) is 0 Å². The highest BCUT2D eigenvalue weighted by atomic mass is 16.5. The first-order chi connectivity index (χ1) is 15.7. The van der Waals surface area contributed by atoms with Crippen molar-refractivity contribution >= 4 is 11.1 Å². The van der Waals surface area contributed by atoms with Gasteiger partial charge in [0.15, 0.2) is 0 Å². The van der Waals surface area contributed by atoms with Crippen LogP contribution >= 0.6 is 0 Å². The van der Waals surface area contributed by atoms with Gasteiger partial charge in [0.25, 0.3) is 0 Å². The molecule has 0 heterocycles. The van der Waals surface area contributed by atoms with Crippen molar-refractivity contribution in [1.29, 1.82) is 0 Å². The zero-order chi connectivity index (χ0) is 23.3. The average molecular weight is 451 g/mol. The molecule has 0 aromatic heterocycles. The minimum Gasteiger partial charge on any atom is -0.498 e. The SMILES string of the molecule is C=C(COCCOCCOCCC)c1ccc(C(C)=COCCOCCOCCC)cc1. The van der Waals surface area contributed by atoms with Gasteiger partial charge in [-0.2, -0.15) is 0 Å². The number of hydrogen-bond donors (Lipinski definition) is 0. The van der Waals surface area contributed by atoms with E-state index in [1.54, 1.807) is 6.26 Å². The molecule has 0 amide bonds. The van der Waals surface area contributed by atoms with Gasteiger partial charge in [-0.3, -0.25) is 0 Å². The molecule has 0 bridgehead atoms. The van der Waals surface area contributed by atoms with Gasteiger partial charge in [-0.15, -0.1) is 0 Å². The molecule has 182 valence electrons. The van der Waals surface area contributed by atoms with Crippen molar-refractivity contribution in [3.05, 3.63) is 48.2 Å². The van der Waals surface area contributed by atoms with Crippen LogP contribution < -0.4 is 0 Å².